The summed E-state index contributed by atoms with van der Waals surface area (Å²) in [5, 5.41) is 9.08. The molecule has 0 unspecified atom stereocenters. The molecule has 0 aliphatic rings. The summed E-state index contributed by atoms with van der Waals surface area (Å²) in [6.45, 7) is 0. The average molecular weight is 341 g/mol. The van der Waals surface area contributed by atoms with Crippen molar-refractivity contribution in [2.75, 3.05) is 0 Å². The van der Waals surface area contributed by atoms with E-state index in [1.165, 1.54) is 23.9 Å². The molecule has 0 atom stereocenters. The van der Waals surface area contributed by atoms with Crippen LogP contribution in [0.15, 0.2) is 51.8 Å². The van der Waals surface area contributed by atoms with Gasteiger partial charge in [0, 0.05) is 15.1 Å². The fourth-order valence-corrected chi connectivity index (χ4v) is 3.19. The first-order valence-corrected chi connectivity index (χ1v) is 7.25. The largest absolute Gasteiger partial charge is 0.478 e. The quantitative estimate of drug-likeness (QED) is 0.827. The van der Waals surface area contributed by atoms with Gasteiger partial charge in [0.1, 0.15) is 5.82 Å². The van der Waals surface area contributed by atoms with E-state index in [1.54, 1.807) is 30.3 Å². The van der Waals surface area contributed by atoms with Crippen molar-refractivity contribution in [1.82, 2.24) is 0 Å². The fourth-order valence-electron chi connectivity index (χ4n) is 1.58. The molecule has 0 saturated heterocycles. The van der Waals surface area contributed by atoms with Gasteiger partial charge in [-0.1, -0.05) is 28.1 Å². The van der Waals surface area contributed by atoms with Crippen molar-refractivity contribution in [1.29, 1.82) is 0 Å². The molecular formula is C14H10BrFO2S. The van der Waals surface area contributed by atoms with E-state index in [2.05, 4.69) is 15.9 Å². The molecule has 2 aromatic carbocycles. The van der Waals surface area contributed by atoms with Crippen LogP contribution in [0.5, 0.6) is 0 Å². The van der Waals surface area contributed by atoms with Crippen LogP contribution < -0.4 is 0 Å². The number of benzene rings is 2. The lowest BCUT2D eigenvalue weighted by atomic mass is 10.2. The molecule has 0 bridgehead atoms. The zero-order valence-electron chi connectivity index (χ0n) is 9.77. The number of halogens is 2. The van der Waals surface area contributed by atoms with Gasteiger partial charge in [-0.3, -0.25) is 0 Å². The predicted octanol–water partition coefficient (Wildman–Crippen LogP) is 4.58. The Morgan fingerprint density at radius 1 is 1.26 bits per heavy atom. The molecule has 0 aliphatic carbocycles. The van der Waals surface area contributed by atoms with Crippen LogP contribution in [0, 0.1) is 5.82 Å². The normalized spacial score (nSPS) is 10.4. The Bertz CT molecular complexity index is 616. The summed E-state index contributed by atoms with van der Waals surface area (Å²) in [6.07, 6.45) is 0. The number of carbonyl (C=O) groups is 1. The van der Waals surface area contributed by atoms with Gasteiger partial charge in [0.05, 0.1) is 5.56 Å². The second-order valence-electron chi connectivity index (χ2n) is 3.83. The van der Waals surface area contributed by atoms with Crippen molar-refractivity contribution >= 4 is 33.7 Å². The van der Waals surface area contributed by atoms with Gasteiger partial charge in [-0.15, -0.1) is 11.8 Å². The lowest BCUT2D eigenvalue weighted by Crippen LogP contribution is -1.98. The van der Waals surface area contributed by atoms with E-state index in [9.17, 15) is 9.18 Å². The molecule has 5 heteroatoms. The fraction of sp³-hybridized carbons (Fsp3) is 0.0714. The third-order valence-electron chi connectivity index (χ3n) is 2.51. The summed E-state index contributed by atoms with van der Waals surface area (Å²) in [6, 6.07) is 11.3. The van der Waals surface area contributed by atoms with E-state index in [-0.39, 0.29) is 11.4 Å². The van der Waals surface area contributed by atoms with Gasteiger partial charge >= 0.3 is 5.97 Å². The Morgan fingerprint density at radius 2 is 2.00 bits per heavy atom. The van der Waals surface area contributed by atoms with Gasteiger partial charge in [0.2, 0.25) is 0 Å². The summed E-state index contributed by atoms with van der Waals surface area (Å²) < 4.78 is 14.0. The maximum atomic E-state index is 13.2. The van der Waals surface area contributed by atoms with Gasteiger partial charge in [-0.25, -0.2) is 9.18 Å². The Kier molecular flexibility index (Phi) is 4.61. The molecule has 98 valence electrons. The summed E-state index contributed by atoms with van der Waals surface area (Å²) >= 11 is 4.73. The van der Waals surface area contributed by atoms with Crippen LogP contribution in [0.1, 0.15) is 15.9 Å². The number of carboxylic acids is 1. The van der Waals surface area contributed by atoms with Crippen molar-refractivity contribution in [3.63, 3.8) is 0 Å². The van der Waals surface area contributed by atoms with Crippen LogP contribution in [-0.4, -0.2) is 11.1 Å². The molecule has 0 aromatic heterocycles. The highest BCUT2D eigenvalue weighted by molar-refractivity contribution is 9.10. The number of hydrogen-bond acceptors (Lipinski definition) is 2. The summed E-state index contributed by atoms with van der Waals surface area (Å²) in [5.41, 5.74) is 1.06. The van der Waals surface area contributed by atoms with Gasteiger partial charge in [-0.05, 0) is 35.9 Å². The maximum absolute atomic E-state index is 13.2. The molecule has 0 spiro atoms. The highest BCUT2D eigenvalue weighted by Gasteiger charge is 2.10. The molecule has 0 amide bonds. The third-order valence-corrected chi connectivity index (χ3v) is 4.40. The number of rotatable bonds is 4. The Balaban J connectivity index is 2.19. The molecule has 2 nitrogen and oxygen atoms in total. The summed E-state index contributed by atoms with van der Waals surface area (Å²) in [7, 11) is 0. The second-order valence-corrected chi connectivity index (χ2v) is 5.70. The highest BCUT2D eigenvalue weighted by Crippen LogP contribution is 2.29. The molecule has 0 saturated carbocycles. The minimum atomic E-state index is -0.957. The number of aromatic carboxylic acids is 1. The van der Waals surface area contributed by atoms with Crippen LogP contribution in [0.25, 0.3) is 0 Å². The Morgan fingerprint density at radius 3 is 2.74 bits per heavy atom. The lowest BCUT2D eigenvalue weighted by molar-refractivity contribution is 0.0693. The van der Waals surface area contributed by atoms with Gasteiger partial charge in [-0.2, -0.15) is 0 Å². The van der Waals surface area contributed by atoms with Crippen LogP contribution >= 0.6 is 27.7 Å². The topological polar surface area (TPSA) is 37.3 Å². The van der Waals surface area contributed by atoms with Gasteiger partial charge < -0.3 is 5.11 Å². The monoisotopic (exact) mass is 340 g/mol. The second kappa shape index (κ2) is 6.21. The van der Waals surface area contributed by atoms with E-state index in [1.807, 2.05) is 0 Å². The molecule has 1 N–H and O–H groups in total. The van der Waals surface area contributed by atoms with Crippen molar-refractivity contribution in [3.8, 4) is 0 Å². The lowest BCUT2D eigenvalue weighted by Gasteiger charge is -2.07. The SMILES string of the molecule is O=C(O)c1ccccc1SCc1cc(F)ccc1Br. The first-order valence-electron chi connectivity index (χ1n) is 5.47. The van der Waals surface area contributed by atoms with Crippen LogP contribution in [0.2, 0.25) is 0 Å². The predicted molar refractivity (Wildman–Crippen MR) is 77.1 cm³/mol. The third kappa shape index (κ3) is 3.58. The van der Waals surface area contributed by atoms with Crippen molar-refractivity contribution in [2.45, 2.75) is 10.6 Å². The molecule has 0 aliphatic heterocycles. The van der Waals surface area contributed by atoms with E-state index >= 15 is 0 Å². The van der Waals surface area contributed by atoms with E-state index in [0.29, 0.717) is 10.6 Å². The van der Waals surface area contributed by atoms with Crippen molar-refractivity contribution in [2.24, 2.45) is 0 Å². The van der Waals surface area contributed by atoms with Gasteiger partial charge in [0.25, 0.3) is 0 Å². The minimum Gasteiger partial charge on any atom is -0.478 e. The van der Waals surface area contributed by atoms with Crippen LogP contribution in [0.3, 0.4) is 0 Å². The van der Waals surface area contributed by atoms with Gasteiger partial charge in [0.15, 0.2) is 0 Å². The minimum absolute atomic E-state index is 0.264. The molecule has 0 fully saturated rings. The Labute approximate surface area is 122 Å². The van der Waals surface area contributed by atoms with E-state index < -0.39 is 5.97 Å². The standard InChI is InChI=1S/C14H10BrFO2S/c15-12-6-5-10(16)7-9(12)8-19-13-4-2-1-3-11(13)14(17)18/h1-7H,8H2,(H,17,18). The Hall–Kier alpha value is -1.33. The van der Waals surface area contributed by atoms with Crippen LogP contribution in [0.4, 0.5) is 4.39 Å². The molecule has 19 heavy (non-hydrogen) atoms. The smallest absolute Gasteiger partial charge is 0.336 e. The first kappa shape index (κ1) is 14.1. The molecular weight excluding hydrogens is 331 g/mol. The summed E-state index contributed by atoms with van der Waals surface area (Å²) in [4.78, 5) is 11.7. The van der Waals surface area contributed by atoms with Crippen molar-refractivity contribution in [3.05, 3.63) is 63.9 Å². The molecule has 0 radical (unpaired) electrons. The highest BCUT2D eigenvalue weighted by atomic mass is 79.9. The molecule has 2 rings (SSSR count). The average Bonchev–Trinajstić information content (AvgIpc) is 2.40. The number of hydrogen-bond donors (Lipinski definition) is 1. The molecule has 0 heterocycles. The molecule has 2 aromatic rings. The number of thioether (sulfide) groups is 1. The van der Waals surface area contributed by atoms with Crippen molar-refractivity contribution < 1.29 is 14.3 Å². The van der Waals surface area contributed by atoms with E-state index in [0.717, 1.165) is 10.0 Å². The van der Waals surface area contributed by atoms with E-state index in [4.69, 9.17) is 5.11 Å². The number of carboxylic acid groups (broad SMARTS) is 1. The zero-order chi connectivity index (χ0) is 13.8. The summed E-state index contributed by atoms with van der Waals surface area (Å²) in [5.74, 6) is -0.755. The van der Waals surface area contributed by atoms with Crippen LogP contribution in [-0.2, 0) is 5.75 Å². The first-order chi connectivity index (χ1) is 9.08. The zero-order valence-corrected chi connectivity index (χ0v) is 12.2. The maximum Gasteiger partial charge on any atom is 0.336 e.